The van der Waals surface area contributed by atoms with Gasteiger partial charge in [0.05, 0.1) is 30.3 Å². The molecular formula is C14H18N2O4. The molecule has 0 aromatic carbocycles. The minimum Gasteiger partial charge on any atom is -0.481 e. The number of pyridine rings is 1. The summed E-state index contributed by atoms with van der Waals surface area (Å²) in [5.41, 5.74) is 0.0273. The highest BCUT2D eigenvalue weighted by atomic mass is 16.5. The van der Waals surface area contributed by atoms with E-state index in [9.17, 15) is 9.59 Å². The number of anilines is 1. The number of rotatable bonds is 5. The molecule has 1 heterocycles. The molecule has 2 rings (SSSR count). The van der Waals surface area contributed by atoms with Gasteiger partial charge in [-0.3, -0.25) is 9.59 Å². The second kappa shape index (κ2) is 5.11. The molecule has 2 atom stereocenters. The number of carbonyl (C=O) groups is 2. The summed E-state index contributed by atoms with van der Waals surface area (Å²) in [5.74, 6) is -1.86. The first-order chi connectivity index (χ1) is 9.37. The summed E-state index contributed by atoms with van der Waals surface area (Å²) in [5, 5.41) is 11.8. The standard InChI is InChI=1S/C14H18N2O4/c1-4-20-9-6-5-8(7-15-9)16-12(17)10-11(13(18)19)14(10,2)3/h5-7,10-11H,4H2,1-3H3,(H,16,17)(H,18,19). The van der Waals surface area contributed by atoms with Gasteiger partial charge in [0.25, 0.3) is 0 Å². The Morgan fingerprint density at radius 3 is 2.55 bits per heavy atom. The van der Waals surface area contributed by atoms with Crippen LogP contribution in [0.4, 0.5) is 5.69 Å². The lowest BCUT2D eigenvalue weighted by Gasteiger charge is -2.07. The maximum Gasteiger partial charge on any atom is 0.307 e. The Kier molecular flexibility index (Phi) is 3.65. The van der Waals surface area contributed by atoms with Crippen molar-refractivity contribution in [3.05, 3.63) is 18.3 Å². The Morgan fingerprint density at radius 2 is 2.10 bits per heavy atom. The van der Waals surface area contributed by atoms with Gasteiger partial charge in [0.2, 0.25) is 11.8 Å². The predicted octanol–water partition coefficient (Wildman–Crippen LogP) is 1.78. The van der Waals surface area contributed by atoms with Crippen LogP contribution in [0.2, 0.25) is 0 Å². The summed E-state index contributed by atoms with van der Waals surface area (Å²) in [6.45, 7) is 5.95. The first-order valence-electron chi connectivity index (χ1n) is 6.50. The van der Waals surface area contributed by atoms with Gasteiger partial charge in [0, 0.05) is 6.07 Å². The van der Waals surface area contributed by atoms with Gasteiger partial charge in [0.15, 0.2) is 0 Å². The summed E-state index contributed by atoms with van der Waals surface area (Å²) < 4.78 is 5.21. The summed E-state index contributed by atoms with van der Waals surface area (Å²) >= 11 is 0. The molecule has 1 aliphatic carbocycles. The van der Waals surface area contributed by atoms with Gasteiger partial charge < -0.3 is 15.2 Å². The van der Waals surface area contributed by atoms with Crippen LogP contribution in [-0.2, 0) is 9.59 Å². The van der Waals surface area contributed by atoms with Crippen LogP contribution in [0.3, 0.4) is 0 Å². The van der Waals surface area contributed by atoms with Crippen molar-refractivity contribution in [2.24, 2.45) is 17.3 Å². The Hall–Kier alpha value is -2.11. The second-order valence-electron chi connectivity index (χ2n) is 5.42. The number of nitrogens with one attached hydrogen (secondary N) is 1. The number of hydrogen-bond donors (Lipinski definition) is 2. The van der Waals surface area contributed by atoms with E-state index in [4.69, 9.17) is 9.84 Å². The maximum atomic E-state index is 12.1. The SMILES string of the molecule is CCOc1ccc(NC(=O)C2C(C(=O)O)C2(C)C)cn1. The molecule has 6 nitrogen and oxygen atoms in total. The molecule has 108 valence electrons. The van der Waals surface area contributed by atoms with E-state index >= 15 is 0 Å². The number of carboxylic acid groups (broad SMARTS) is 1. The number of carbonyl (C=O) groups excluding carboxylic acids is 1. The third kappa shape index (κ3) is 2.59. The average Bonchev–Trinajstić information content (AvgIpc) is 2.95. The fraction of sp³-hybridized carbons (Fsp3) is 0.500. The van der Waals surface area contributed by atoms with Crippen LogP contribution in [-0.4, -0.2) is 28.6 Å². The number of aliphatic carboxylic acids is 1. The molecule has 2 unspecified atom stereocenters. The zero-order valence-electron chi connectivity index (χ0n) is 11.7. The molecule has 1 saturated carbocycles. The number of aromatic nitrogens is 1. The fourth-order valence-corrected chi connectivity index (χ4v) is 2.50. The molecule has 0 aliphatic heterocycles. The van der Waals surface area contributed by atoms with Crippen molar-refractivity contribution in [3.63, 3.8) is 0 Å². The molecular weight excluding hydrogens is 260 g/mol. The van der Waals surface area contributed by atoms with E-state index < -0.39 is 23.2 Å². The summed E-state index contributed by atoms with van der Waals surface area (Å²) in [6, 6.07) is 3.34. The van der Waals surface area contributed by atoms with E-state index in [0.717, 1.165) is 0 Å². The van der Waals surface area contributed by atoms with E-state index in [1.807, 2.05) is 6.92 Å². The fourth-order valence-electron chi connectivity index (χ4n) is 2.50. The quantitative estimate of drug-likeness (QED) is 0.857. The number of amides is 1. The third-order valence-corrected chi connectivity index (χ3v) is 3.67. The van der Waals surface area contributed by atoms with Crippen molar-refractivity contribution in [2.45, 2.75) is 20.8 Å². The van der Waals surface area contributed by atoms with Crippen molar-refractivity contribution < 1.29 is 19.4 Å². The average molecular weight is 278 g/mol. The van der Waals surface area contributed by atoms with Gasteiger partial charge in [-0.2, -0.15) is 0 Å². The van der Waals surface area contributed by atoms with Gasteiger partial charge >= 0.3 is 5.97 Å². The molecule has 1 fully saturated rings. The monoisotopic (exact) mass is 278 g/mol. The highest BCUT2D eigenvalue weighted by Gasteiger charge is 2.65. The molecule has 0 radical (unpaired) electrons. The topological polar surface area (TPSA) is 88.5 Å². The molecule has 6 heteroatoms. The van der Waals surface area contributed by atoms with Crippen LogP contribution in [0.15, 0.2) is 18.3 Å². The number of hydrogen-bond acceptors (Lipinski definition) is 4. The van der Waals surface area contributed by atoms with Crippen LogP contribution in [0.1, 0.15) is 20.8 Å². The van der Waals surface area contributed by atoms with Gasteiger partial charge in [0.1, 0.15) is 0 Å². The summed E-state index contributed by atoms with van der Waals surface area (Å²) in [6.07, 6.45) is 1.49. The van der Waals surface area contributed by atoms with Gasteiger partial charge in [-0.15, -0.1) is 0 Å². The molecule has 0 bridgehead atoms. The van der Waals surface area contributed by atoms with Crippen molar-refractivity contribution in [2.75, 3.05) is 11.9 Å². The van der Waals surface area contributed by atoms with Crippen molar-refractivity contribution in [1.82, 2.24) is 4.98 Å². The van der Waals surface area contributed by atoms with Crippen LogP contribution in [0.25, 0.3) is 0 Å². The van der Waals surface area contributed by atoms with Crippen LogP contribution in [0.5, 0.6) is 5.88 Å². The van der Waals surface area contributed by atoms with Crippen LogP contribution >= 0.6 is 0 Å². The van der Waals surface area contributed by atoms with Crippen LogP contribution < -0.4 is 10.1 Å². The normalized spacial score (nSPS) is 22.9. The summed E-state index contributed by atoms with van der Waals surface area (Å²) in [4.78, 5) is 27.2. The Bertz CT molecular complexity index is 524. The van der Waals surface area contributed by atoms with Gasteiger partial charge in [-0.1, -0.05) is 13.8 Å². The van der Waals surface area contributed by atoms with E-state index in [0.29, 0.717) is 18.2 Å². The van der Waals surface area contributed by atoms with Gasteiger partial charge in [-0.05, 0) is 18.4 Å². The largest absolute Gasteiger partial charge is 0.481 e. The minimum atomic E-state index is -0.931. The molecule has 1 amide bonds. The molecule has 20 heavy (non-hydrogen) atoms. The highest BCUT2D eigenvalue weighted by Crippen LogP contribution is 2.58. The molecule has 1 aromatic heterocycles. The smallest absolute Gasteiger partial charge is 0.307 e. The molecule has 0 spiro atoms. The van der Waals surface area contributed by atoms with Crippen LogP contribution in [0, 0.1) is 17.3 Å². The maximum absolute atomic E-state index is 12.1. The van der Waals surface area contributed by atoms with E-state index in [1.165, 1.54) is 6.20 Å². The van der Waals surface area contributed by atoms with E-state index in [1.54, 1.807) is 26.0 Å². The second-order valence-corrected chi connectivity index (χ2v) is 5.42. The van der Waals surface area contributed by atoms with Crippen molar-refractivity contribution in [1.29, 1.82) is 0 Å². The molecule has 1 aliphatic rings. The number of ether oxygens (including phenoxy) is 1. The first-order valence-corrected chi connectivity index (χ1v) is 6.50. The summed E-state index contributed by atoms with van der Waals surface area (Å²) in [7, 11) is 0. The number of carboxylic acids is 1. The lowest BCUT2D eigenvalue weighted by Crippen LogP contribution is -2.17. The Labute approximate surface area is 117 Å². The zero-order chi connectivity index (χ0) is 14.9. The molecule has 2 N–H and O–H groups in total. The lowest BCUT2D eigenvalue weighted by atomic mass is 10.1. The third-order valence-electron chi connectivity index (χ3n) is 3.67. The van der Waals surface area contributed by atoms with E-state index in [2.05, 4.69) is 10.3 Å². The molecule has 1 aromatic rings. The van der Waals surface area contributed by atoms with Crippen molar-refractivity contribution in [3.8, 4) is 5.88 Å². The Balaban J connectivity index is 2.00. The minimum absolute atomic E-state index is 0.284. The number of nitrogens with zero attached hydrogens (tertiary/aromatic N) is 1. The lowest BCUT2D eigenvalue weighted by molar-refractivity contribution is -0.140. The highest BCUT2D eigenvalue weighted by molar-refractivity contribution is 5.99. The predicted molar refractivity (Wildman–Crippen MR) is 72.4 cm³/mol. The zero-order valence-corrected chi connectivity index (χ0v) is 11.7. The molecule has 0 saturated heterocycles. The first kappa shape index (κ1) is 14.3. The van der Waals surface area contributed by atoms with Crippen molar-refractivity contribution >= 4 is 17.6 Å². The van der Waals surface area contributed by atoms with E-state index in [-0.39, 0.29) is 5.91 Å². The van der Waals surface area contributed by atoms with Gasteiger partial charge in [-0.25, -0.2) is 4.98 Å². The Morgan fingerprint density at radius 1 is 1.40 bits per heavy atom.